The minimum Gasteiger partial charge on any atom is -0.326 e. The SMILES string of the molecule is CC(C)C(N)CN1C(=O)c2cccc3cccc1c23. The van der Waals surface area contributed by atoms with E-state index in [-0.39, 0.29) is 11.9 Å². The van der Waals surface area contributed by atoms with E-state index in [9.17, 15) is 4.79 Å². The summed E-state index contributed by atoms with van der Waals surface area (Å²) in [6, 6.07) is 11.9. The molecule has 0 saturated heterocycles. The highest BCUT2D eigenvalue weighted by molar-refractivity contribution is 6.25. The lowest BCUT2D eigenvalue weighted by molar-refractivity contribution is 0.0990. The van der Waals surface area contributed by atoms with Crippen LogP contribution in [0.15, 0.2) is 36.4 Å². The Morgan fingerprint density at radius 1 is 1.16 bits per heavy atom. The van der Waals surface area contributed by atoms with Crippen LogP contribution < -0.4 is 10.6 Å². The highest BCUT2D eigenvalue weighted by Gasteiger charge is 2.30. The molecule has 2 aromatic carbocycles. The van der Waals surface area contributed by atoms with Gasteiger partial charge >= 0.3 is 0 Å². The van der Waals surface area contributed by atoms with E-state index < -0.39 is 0 Å². The van der Waals surface area contributed by atoms with Gasteiger partial charge in [0, 0.05) is 23.5 Å². The second-order valence-corrected chi connectivity index (χ2v) is 5.50. The van der Waals surface area contributed by atoms with Crippen LogP contribution in [0.1, 0.15) is 24.2 Å². The quantitative estimate of drug-likeness (QED) is 0.915. The van der Waals surface area contributed by atoms with Crippen molar-refractivity contribution >= 4 is 22.4 Å². The first-order valence-corrected chi connectivity index (χ1v) is 6.69. The Morgan fingerprint density at radius 2 is 1.84 bits per heavy atom. The summed E-state index contributed by atoms with van der Waals surface area (Å²) in [6.07, 6.45) is 0. The van der Waals surface area contributed by atoms with Gasteiger partial charge in [-0.2, -0.15) is 0 Å². The summed E-state index contributed by atoms with van der Waals surface area (Å²) in [4.78, 5) is 14.3. The molecule has 19 heavy (non-hydrogen) atoms. The Kier molecular flexibility index (Phi) is 2.79. The lowest BCUT2D eigenvalue weighted by atomic mass is 10.0. The zero-order valence-electron chi connectivity index (χ0n) is 11.3. The van der Waals surface area contributed by atoms with Crippen molar-refractivity contribution < 1.29 is 4.79 Å². The summed E-state index contributed by atoms with van der Waals surface area (Å²) in [5, 5.41) is 2.18. The number of benzene rings is 2. The fraction of sp³-hybridized carbons (Fsp3) is 0.312. The standard InChI is InChI=1S/C16H18N2O/c1-10(2)13(17)9-18-14-8-4-6-11-5-3-7-12(15(11)14)16(18)19/h3-8,10,13H,9,17H2,1-2H3. The molecule has 3 nitrogen and oxygen atoms in total. The molecule has 0 aromatic heterocycles. The molecule has 2 N–H and O–H groups in total. The molecule has 0 bridgehead atoms. The second kappa shape index (κ2) is 4.35. The summed E-state index contributed by atoms with van der Waals surface area (Å²) in [6.45, 7) is 4.74. The van der Waals surface area contributed by atoms with Gasteiger partial charge in [-0.1, -0.05) is 38.1 Å². The van der Waals surface area contributed by atoms with Gasteiger partial charge in [0.15, 0.2) is 0 Å². The van der Waals surface area contributed by atoms with Gasteiger partial charge < -0.3 is 10.6 Å². The molecule has 2 aromatic rings. The van der Waals surface area contributed by atoms with Gasteiger partial charge in [-0.05, 0) is 23.4 Å². The van der Waals surface area contributed by atoms with E-state index in [0.29, 0.717) is 12.5 Å². The van der Waals surface area contributed by atoms with Crippen LogP contribution in [-0.4, -0.2) is 18.5 Å². The van der Waals surface area contributed by atoms with E-state index in [1.54, 1.807) is 0 Å². The summed E-state index contributed by atoms with van der Waals surface area (Å²) in [5.41, 5.74) is 7.92. The number of nitrogens with zero attached hydrogens (tertiary/aromatic N) is 1. The summed E-state index contributed by atoms with van der Waals surface area (Å²) in [7, 11) is 0. The maximum Gasteiger partial charge on any atom is 0.259 e. The van der Waals surface area contributed by atoms with Gasteiger partial charge in [0.1, 0.15) is 0 Å². The van der Waals surface area contributed by atoms with Crippen LogP contribution in [0, 0.1) is 5.92 Å². The molecular weight excluding hydrogens is 236 g/mol. The molecule has 3 heteroatoms. The van der Waals surface area contributed by atoms with Crippen molar-refractivity contribution in [2.75, 3.05) is 11.4 Å². The molecule has 1 heterocycles. The minimum atomic E-state index is -0.00600. The second-order valence-electron chi connectivity index (χ2n) is 5.50. The third kappa shape index (κ3) is 1.81. The number of amides is 1. The van der Waals surface area contributed by atoms with Crippen LogP contribution in [0.4, 0.5) is 5.69 Å². The Labute approximate surface area is 113 Å². The lowest BCUT2D eigenvalue weighted by Gasteiger charge is -2.24. The summed E-state index contributed by atoms with van der Waals surface area (Å²) in [5.74, 6) is 0.429. The highest BCUT2D eigenvalue weighted by Crippen LogP contribution is 2.37. The molecule has 1 unspecified atom stereocenters. The van der Waals surface area contributed by atoms with Crippen LogP contribution in [0.5, 0.6) is 0 Å². The van der Waals surface area contributed by atoms with Crippen LogP contribution in [-0.2, 0) is 0 Å². The third-order valence-corrected chi connectivity index (χ3v) is 3.90. The maximum absolute atomic E-state index is 12.5. The molecule has 1 aliphatic heterocycles. The topological polar surface area (TPSA) is 46.3 Å². The van der Waals surface area contributed by atoms with E-state index in [4.69, 9.17) is 5.73 Å². The lowest BCUT2D eigenvalue weighted by Crippen LogP contribution is -2.42. The van der Waals surface area contributed by atoms with Crippen molar-refractivity contribution in [2.24, 2.45) is 11.7 Å². The maximum atomic E-state index is 12.5. The normalized spacial score (nSPS) is 15.6. The van der Waals surface area contributed by atoms with Crippen LogP contribution in [0.3, 0.4) is 0 Å². The predicted molar refractivity (Wildman–Crippen MR) is 78.4 cm³/mol. The average Bonchev–Trinajstić information content (AvgIpc) is 2.67. The molecule has 1 amide bonds. The smallest absolute Gasteiger partial charge is 0.259 e. The van der Waals surface area contributed by atoms with Crippen molar-refractivity contribution in [1.82, 2.24) is 0 Å². The van der Waals surface area contributed by atoms with E-state index in [2.05, 4.69) is 13.8 Å². The zero-order valence-corrected chi connectivity index (χ0v) is 11.3. The Bertz CT molecular complexity index is 643. The molecule has 3 rings (SSSR count). The van der Waals surface area contributed by atoms with Crippen molar-refractivity contribution in [3.63, 3.8) is 0 Å². The minimum absolute atomic E-state index is 0.00600. The summed E-state index contributed by atoms with van der Waals surface area (Å²) < 4.78 is 0. The van der Waals surface area contributed by atoms with Crippen LogP contribution >= 0.6 is 0 Å². The molecular formula is C16H18N2O. The molecule has 98 valence electrons. The Morgan fingerprint density at radius 3 is 2.53 bits per heavy atom. The first-order chi connectivity index (χ1) is 9.09. The Balaban J connectivity index is 2.08. The first-order valence-electron chi connectivity index (χ1n) is 6.69. The average molecular weight is 254 g/mol. The zero-order chi connectivity index (χ0) is 13.6. The fourth-order valence-electron chi connectivity index (χ4n) is 2.58. The number of carbonyl (C=O) groups is 1. The molecule has 1 atom stereocenters. The van der Waals surface area contributed by atoms with Gasteiger partial charge in [0.05, 0.1) is 5.69 Å². The van der Waals surface area contributed by atoms with E-state index in [1.807, 2.05) is 41.3 Å². The van der Waals surface area contributed by atoms with Crippen molar-refractivity contribution in [3.8, 4) is 0 Å². The molecule has 0 fully saturated rings. The highest BCUT2D eigenvalue weighted by atomic mass is 16.2. The Hall–Kier alpha value is -1.87. The monoisotopic (exact) mass is 254 g/mol. The largest absolute Gasteiger partial charge is 0.326 e. The van der Waals surface area contributed by atoms with Crippen molar-refractivity contribution in [1.29, 1.82) is 0 Å². The van der Waals surface area contributed by atoms with E-state index >= 15 is 0 Å². The number of anilines is 1. The van der Waals surface area contributed by atoms with Crippen LogP contribution in [0.2, 0.25) is 0 Å². The first kappa shape index (κ1) is 12.2. The van der Waals surface area contributed by atoms with Gasteiger partial charge in [-0.3, -0.25) is 4.79 Å². The van der Waals surface area contributed by atoms with Gasteiger partial charge in [-0.15, -0.1) is 0 Å². The number of nitrogens with two attached hydrogens (primary N) is 1. The molecule has 0 spiro atoms. The fourth-order valence-corrected chi connectivity index (χ4v) is 2.58. The van der Waals surface area contributed by atoms with Gasteiger partial charge in [0.25, 0.3) is 5.91 Å². The summed E-state index contributed by atoms with van der Waals surface area (Å²) >= 11 is 0. The van der Waals surface area contributed by atoms with E-state index in [0.717, 1.165) is 22.0 Å². The predicted octanol–water partition coefficient (Wildman–Crippen LogP) is 2.78. The molecule has 0 saturated carbocycles. The number of rotatable bonds is 3. The van der Waals surface area contributed by atoms with E-state index in [1.165, 1.54) is 0 Å². The van der Waals surface area contributed by atoms with Gasteiger partial charge in [-0.25, -0.2) is 0 Å². The van der Waals surface area contributed by atoms with Gasteiger partial charge in [0.2, 0.25) is 0 Å². The third-order valence-electron chi connectivity index (χ3n) is 3.90. The number of hydrogen-bond donors (Lipinski definition) is 1. The van der Waals surface area contributed by atoms with Crippen LogP contribution in [0.25, 0.3) is 10.8 Å². The van der Waals surface area contributed by atoms with Crippen molar-refractivity contribution in [2.45, 2.75) is 19.9 Å². The molecule has 0 radical (unpaired) electrons. The number of carbonyl (C=O) groups excluding carboxylic acids is 1. The molecule has 1 aliphatic rings. The molecule has 0 aliphatic carbocycles. The van der Waals surface area contributed by atoms with Crippen molar-refractivity contribution in [3.05, 3.63) is 42.0 Å². The number of hydrogen-bond acceptors (Lipinski definition) is 2.